The van der Waals surface area contributed by atoms with Crippen LogP contribution < -0.4 is 0 Å². The van der Waals surface area contributed by atoms with Crippen molar-refractivity contribution in [2.45, 2.75) is 98.8 Å². The van der Waals surface area contributed by atoms with Gasteiger partial charge < -0.3 is 5.11 Å². The Labute approximate surface area is 161 Å². The van der Waals surface area contributed by atoms with Gasteiger partial charge in [-0.3, -0.25) is 0 Å². The van der Waals surface area contributed by atoms with E-state index in [2.05, 4.69) is 67.5 Å². The van der Waals surface area contributed by atoms with Crippen molar-refractivity contribution in [2.24, 2.45) is 10.8 Å². The molecule has 2 heteroatoms. The fourth-order valence-electron chi connectivity index (χ4n) is 3.59. The van der Waals surface area contributed by atoms with Crippen LogP contribution in [0.2, 0.25) is 0 Å². The molecule has 0 unspecified atom stereocenters. The predicted octanol–water partition coefficient (Wildman–Crippen LogP) is 7.22. The van der Waals surface area contributed by atoms with E-state index in [1.54, 1.807) is 0 Å². The first kappa shape index (κ1) is 21.0. The molecule has 0 atom stereocenters. The van der Waals surface area contributed by atoms with E-state index in [0.29, 0.717) is 17.1 Å². The molecule has 2 nitrogen and oxygen atoms in total. The van der Waals surface area contributed by atoms with Crippen LogP contribution in [0.1, 0.15) is 110 Å². The molecule has 0 spiro atoms. The van der Waals surface area contributed by atoms with Crippen molar-refractivity contribution in [3.63, 3.8) is 0 Å². The van der Waals surface area contributed by atoms with Crippen LogP contribution in [-0.2, 0) is 5.41 Å². The van der Waals surface area contributed by atoms with Crippen molar-refractivity contribution >= 4 is 6.08 Å². The van der Waals surface area contributed by atoms with Crippen molar-refractivity contribution in [1.82, 2.24) is 4.98 Å². The Bertz CT molecular complexity index is 652. The van der Waals surface area contributed by atoms with Gasteiger partial charge in [0.2, 0.25) is 0 Å². The standard InChI is InChI=1S/C24H39NO/c1-9-23(5,6)15-12-19-21(26)18(22(2,3)4)16-20(25-19)17-10-13-24(7,8)14-11-17/h12,15-17,26H,9-11,13-14H2,1-8H3/b15-12+. The Morgan fingerprint density at radius 3 is 2.23 bits per heavy atom. The van der Waals surface area contributed by atoms with E-state index in [9.17, 15) is 5.11 Å². The molecule has 1 heterocycles. The largest absolute Gasteiger partial charge is 0.505 e. The van der Waals surface area contributed by atoms with Crippen molar-refractivity contribution < 1.29 is 5.11 Å². The minimum Gasteiger partial charge on any atom is -0.505 e. The highest BCUT2D eigenvalue weighted by atomic mass is 16.3. The summed E-state index contributed by atoms with van der Waals surface area (Å²) in [7, 11) is 0. The smallest absolute Gasteiger partial charge is 0.144 e. The van der Waals surface area contributed by atoms with Gasteiger partial charge in [0.25, 0.3) is 0 Å². The third kappa shape index (κ3) is 5.11. The molecule has 1 aromatic rings. The zero-order valence-electron chi connectivity index (χ0n) is 18.2. The summed E-state index contributed by atoms with van der Waals surface area (Å²) in [4.78, 5) is 4.92. The van der Waals surface area contributed by atoms with Gasteiger partial charge in [0.1, 0.15) is 11.4 Å². The van der Waals surface area contributed by atoms with Crippen molar-refractivity contribution in [3.05, 3.63) is 29.1 Å². The van der Waals surface area contributed by atoms with Gasteiger partial charge >= 0.3 is 0 Å². The lowest BCUT2D eigenvalue weighted by atomic mass is 9.72. The Kier molecular flexibility index (Phi) is 5.95. The zero-order chi connectivity index (χ0) is 19.8. The van der Waals surface area contributed by atoms with Gasteiger partial charge in [0.15, 0.2) is 0 Å². The molecule has 1 fully saturated rings. The summed E-state index contributed by atoms with van der Waals surface area (Å²) in [6, 6.07) is 2.17. The highest BCUT2D eigenvalue weighted by Gasteiger charge is 2.30. The maximum atomic E-state index is 10.9. The minimum atomic E-state index is -0.0986. The number of aromatic nitrogens is 1. The first-order valence-electron chi connectivity index (χ1n) is 10.3. The number of rotatable bonds is 4. The molecule has 0 radical (unpaired) electrons. The molecule has 1 saturated carbocycles. The lowest BCUT2D eigenvalue weighted by Gasteiger charge is -2.34. The second-order valence-electron chi connectivity index (χ2n) is 10.7. The highest BCUT2D eigenvalue weighted by Crippen LogP contribution is 2.44. The van der Waals surface area contributed by atoms with Crippen LogP contribution in [0.5, 0.6) is 5.75 Å². The molecule has 0 bridgehead atoms. The van der Waals surface area contributed by atoms with Crippen molar-refractivity contribution in [1.29, 1.82) is 0 Å². The Morgan fingerprint density at radius 1 is 1.15 bits per heavy atom. The molecule has 1 N–H and O–H groups in total. The van der Waals surface area contributed by atoms with Crippen LogP contribution in [0.25, 0.3) is 6.08 Å². The van der Waals surface area contributed by atoms with E-state index in [1.807, 2.05) is 6.08 Å². The van der Waals surface area contributed by atoms with Gasteiger partial charge in [-0.2, -0.15) is 0 Å². The molecule has 2 rings (SSSR count). The topological polar surface area (TPSA) is 33.1 Å². The number of allylic oxidation sites excluding steroid dienone is 1. The van der Waals surface area contributed by atoms with Crippen LogP contribution >= 0.6 is 0 Å². The summed E-state index contributed by atoms with van der Waals surface area (Å²) in [5.41, 5.74) is 3.38. The zero-order valence-corrected chi connectivity index (χ0v) is 18.2. The third-order valence-corrected chi connectivity index (χ3v) is 6.21. The molecule has 0 saturated heterocycles. The predicted molar refractivity (Wildman–Crippen MR) is 113 cm³/mol. The van der Waals surface area contributed by atoms with Crippen LogP contribution in [0.4, 0.5) is 0 Å². The van der Waals surface area contributed by atoms with Gasteiger partial charge in [0.05, 0.1) is 0 Å². The van der Waals surface area contributed by atoms with Gasteiger partial charge in [-0.15, -0.1) is 0 Å². The maximum Gasteiger partial charge on any atom is 0.144 e. The van der Waals surface area contributed by atoms with E-state index in [0.717, 1.165) is 23.4 Å². The Hall–Kier alpha value is -1.31. The third-order valence-electron chi connectivity index (χ3n) is 6.21. The summed E-state index contributed by atoms with van der Waals surface area (Å²) in [5.74, 6) is 0.858. The molecule has 0 aliphatic heterocycles. The molecule has 1 aliphatic carbocycles. The lowest BCUT2D eigenvalue weighted by Crippen LogP contribution is -2.22. The SMILES string of the molecule is CCC(C)(C)/C=C/c1nc(C2CCC(C)(C)CC2)cc(C(C)(C)C)c1O. The molecule has 1 aliphatic rings. The highest BCUT2D eigenvalue weighted by molar-refractivity contribution is 5.58. The Balaban J connectivity index is 2.45. The van der Waals surface area contributed by atoms with Crippen molar-refractivity contribution in [3.8, 4) is 5.75 Å². The van der Waals surface area contributed by atoms with E-state index in [1.165, 1.54) is 25.7 Å². The number of pyridine rings is 1. The molecular formula is C24H39NO. The van der Waals surface area contributed by atoms with Gasteiger partial charge in [-0.05, 0) is 60.5 Å². The van der Waals surface area contributed by atoms with Gasteiger partial charge in [-0.25, -0.2) is 4.98 Å². The van der Waals surface area contributed by atoms with E-state index < -0.39 is 0 Å². The lowest BCUT2D eigenvalue weighted by molar-refractivity contribution is 0.222. The number of nitrogens with zero attached hydrogens (tertiary/aromatic N) is 1. The van der Waals surface area contributed by atoms with Crippen LogP contribution in [0.3, 0.4) is 0 Å². The molecule has 0 aromatic carbocycles. The van der Waals surface area contributed by atoms with E-state index >= 15 is 0 Å². The van der Waals surface area contributed by atoms with Gasteiger partial charge in [-0.1, -0.05) is 61.5 Å². The van der Waals surface area contributed by atoms with E-state index in [-0.39, 0.29) is 10.8 Å². The van der Waals surface area contributed by atoms with Gasteiger partial charge in [0, 0.05) is 17.2 Å². The summed E-state index contributed by atoms with van der Waals surface area (Å²) >= 11 is 0. The first-order valence-corrected chi connectivity index (χ1v) is 10.3. The molecule has 1 aromatic heterocycles. The molecule has 146 valence electrons. The second kappa shape index (κ2) is 7.37. The maximum absolute atomic E-state index is 10.9. The number of hydrogen-bond donors (Lipinski definition) is 1. The van der Waals surface area contributed by atoms with Crippen LogP contribution in [0.15, 0.2) is 12.1 Å². The molecular weight excluding hydrogens is 318 g/mol. The summed E-state index contributed by atoms with van der Waals surface area (Å²) < 4.78 is 0. The summed E-state index contributed by atoms with van der Waals surface area (Å²) in [6.07, 6.45) is 10.2. The second-order valence-corrected chi connectivity index (χ2v) is 10.7. The summed E-state index contributed by atoms with van der Waals surface area (Å²) in [6.45, 7) is 17.9. The normalized spacial score (nSPS) is 19.2. The van der Waals surface area contributed by atoms with Crippen LogP contribution in [0, 0.1) is 10.8 Å². The fraction of sp³-hybridized carbons (Fsp3) is 0.708. The molecule has 26 heavy (non-hydrogen) atoms. The fourth-order valence-corrected chi connectivity index (χ4v) is 3.59. The Morgan fingerprint density at radius 2 is 1.73 bits per heavy atom. The van der Waals surface area contributed by atoms with Crippen LogP contribution in [-0.4, -0.2) is 10.1 Å². The average molecular weight is 358 g/mol. The molecule has 0 amide bonds. The van der Waals surface area contributed by atoms with E-state index in [4.69, 9.17) is 4.98 Å². The first-order chi connectivity index (χ1) is 11.8. The average Bonchev–Trinajstić information content (AvgIpc) is 2.53. The quantitative estimate of drug-likeness (QED) is 0.617. The monoisotopic (exact) mass is 357 g/mol. The summed E-state index contributed by atoms with van der Waals surface area (Å²) in [5, 5.41) is 10.9. The number of aromatic hydroxyl groups is 1. The number of hydrogen-bond acceptors (Lipinski definition) is 2. The minimum absolute atomic E-state index is 0.0986. The van der Waals surface area contributed by atoms with Crippen molar-refractivity contribution in [2.75, 3.05) is 0 Å².